The van der Waals surface area contributed by atoms with Crippen molar-refractivity contribution in [1.82, 2.24) is 63.8 Å². The van der Waals surface area contributed by atoms with E-state index in [1.54, 1.807) is 42.5 Å². The van der Waals surface area contributed by atoms with Crippen molar-refractivity contribution in [3.8, 4) is 0 Å². The molecule has 41 nitrogen and oxygen atoms in total. The van der Waals surface area contributed by atoms with Crippen molar-refractivity contribution in [3.05, 3.63) is 119 Å². The van der Waals surface area contributed by atoms with E-state index in [1.807, 2.05) is 65.0 Å². The maximum absolute atomic E-state index is 14.9. The number of nitrogens with two attached hydrogens (primary N) is 2. The number of nitrogens with zero attached hydrogens (tertiary/aromatic N) is 2. The lowest BCUT2D eigenvalue weighted by atomic mass is 9.81. The maximum atomic E-state index is 14.9. The Kier molecular flexibility index (Phi) is 42.8. The summed E-state index contributed by atoms with van der Waals surface area (Å²) in [5.74, 6) is -13.3. The summed E-state index contributed by atoms with van der Waals surface area (Å²) in [7, 11) is -7.24. The number of amides is 12. The van der Waals surface area contributed by atoms with E-state index in [2.05, 4.69) is 73.3 Å². The second kappa shape index (κ2) is 52.3. The molecule has 2 fully saturated rings. The van der Waals surface area contributed by atoms with Crippen LogP contribution in [0.3, 0.4) is 0 Å². The average molecular weight is 1900 g/mol. The van der Waals surface area contributed by atoms with Gasteiger partial charge in [-0.05, 0) is 113 Å². The number of allylic oxidation sites excluding steroid dienone is 6. The first kappa shape index (κ1) is 105. The minimum atomic E-state index is -4.57. The number of guanidine groups is 1. The molecule has 4 aliphatic heterocycles. The summed E-state index contributed by atoms with van der Waals surface area (Å²) in [5.41, 5.74) is 14.2. The highest BCUT2D eigenvalue weighted by Gasteiger charge is 2.46. The number of hydrogen-bond acceptors (Lipinski definition) is 26. The third kappa shape index (κ3) is 34.7. The number of carboxylic acid groups (broad SMARTS) is 1. The van der Waals surface area contributed by atoms with Gasteiger partial charge in [-0.1, -0.05) is 84.0 Å². The third-order valence-electron chi connectivity index (χ3n) is 20.8. The molecule has 3 aromatic rings. The zero-order valence-corrected chi connectivity index (χ0v) is 76.6. The van der Waals surface area contributed by atoms with Gasteiger partial charge in [0.15, 0.2) is 11.7 Å². The molecule has 2 bridgehead atoms. The number of anilines is 1. The maximum Gasteiger partial charge on any atom is 0.305 e. The predicted octanol–water partition coefficient (Wildman–Crippen LogP) is -0.367. The Morgan fingerprint density at radius 2 is 1.16 bits per heavy atom. The Hall–Kier alpha value is -10.6. The molecule has 12 amide bonds. The van der Waals surface area contributed by atoms with Gasteiger partial charge in [0, 0.05) is 104 Å². The number of thioether (sulfide) groups is 1. The van der Waals surface area contributed by atoms with E-state index in [9.17, 15) is 93.4 Å². The fourth-order valence-corrected chi connectivity index (χ4v) is 18.5. The minimum absolute atomic E-state index is 0.0387. The molecule has 708 valence electrons. The Labute approximate surface area is 760 Å². The summed E-state index contributed by atoms with van der Waals surface area (Å²) in [5, 5.41) is 48.9. The van der Waals surface area contributed by atoms with Crippen molar-refractivity contribution in [3.63, 3.8) is 0 Å². The van der Waals surface area contributed by atoms with Gasteiger partial charge in [0.2, 0.25) is 76.6 Å². The molecule has 7 atom stereocenters. The lowest BCUT2D eigenvalue weighted by Crippen LogP contribution is -2.60. The number of fused-ring (bicyclic) bond motifs is 7. The van der Waals surface area contributed by atoms with Crippen LogP contribution in [0.5, 0.6) is 0 Å². The van der Waals surface area contributed by atoms with E-state index in [0.717, 1.165) is 61.7 Å². The zero-order valence-electron chi connectivity index (χ0n) is 72.5. The highest BCUT2D eigenvalue weighted by atomic mass is 33.1. The van der Waals surface area contributed by atoms with E-state index in [-0.39, 0.29) is 145 Å². The molecule has 0 unspecified atom stereocenters. The number of carbonyl (C=O) groups is 13. The van der Waals surface area contributed by atoms with Crippen molar-refractivity contribution in [2.75, 3.05) is 127 Å². The summed E-state index contributed by atoms with van der Waals surface area (Å²) in [6, 6.07) is 6.46. The van der Waals surface area contributed by atoms with Crippen LogP contribution in [0.4, 0.5) is 11.4 Å². The first-order chi connectivity index (χ1) is 61.3. The van der Waals surface area contributed by atoms with Gasteiger partial charge >= 0.3 is 5.97 Å². The quantitative estimate of drug-likeness (QED) is 0.00654. The first-order valence-electron chi connectivity index (χ1n) is 41.9. The normalized spacial score (nSPS) is 20.8. The summed E-state index contributed by atoms with van der Waals surface area (Å²) < 4.78 is 92.6. The van der Waals surface area contributed by atoms with Crippen molar-refractivity contribution in [2.24, 2.45) is 11.5 Å². The number of benzene rings is 3. The molecule has 2 saturated heterocycles. The van der Waals surface area contributed by atoms with Gasteiger partial charge in [-0.25, -0.2) is 0 Å². The van der Waals surface area contributed by atoms with Crippen LogP contribution in [0.2, 0.25) is 0 Å². The summed E-state index contributed by atoms with van der Waals surface area (Å²) in [4.78, 5) is 180. The molecule has 7 rings (SSSR count). The molecule has 0 aliphatic carbocycles. The number of primary amides is 1. The average Bonchev–Trinajstić information content (AvgIpc) is 1.59. The van der Waals surface area contributed by atoms with Gasteiger partial charge in [0.25, 0.3) is 20.2 Å². The zero-order chi connectivity index (χ0) is 94.4. The predicted molar refractivity (Wildman–Crippen MR) is 482 cm³/mol. The summed E-state index contributed by atoms with van der Waals surface area (Å²) in [6.07, 6.45) is 10.2. The second-order valence-electron chi connectivity index (χ2n) is 31.3. The number of carbonyl (C=O) groups excluding carboxylic acids is 12. The third-order valence-corrected chi connectivity index (χ3v) is 26.0. The van der Waals surface area contributed by atoms with Gasteiger partial charge in [0.1, 0.15) is 62.1 Å². The Balaban J connectivity index is 1.07. The summed E-state index contributed by atoms with van der Waals surface area (Å²) >= 11 is 0.876. The highest BCUT2D eigenvalue weighted by molar-refractivity contribution is 8.76. The Morgan fingerprint density at radius 1 is 0.581 bits per heavy atom. The molecular formula is C83H118N17O24S5+. The van der Waals surface area contributed by atoms with Crippen molar-refractivity contribution >= 4 is 153 Å². The molecule has 0 radical (unpaired) electrons. The van der Waals surface area contributed by atoms with Gasteiger partial charge < -0.3 is 104 Å². The number of carboxylic acids is 1. The van der Waals surface area contributed by atoms with Crippen LogP contribution in [0, 0.1) is 5.41 Å². The molecule has 0 spiro atoms. The lowest BCUT2D eigenvalue weighted by Gasteiger charge is -2.27. The highest BCUT2D eigenvalue weighted by Crippen LogP contribution is 2.48. The molecule has 20 N–H and O–H groups in total. The number of likely N-dealkylation sites (N-methyl/N-ethyl adjacent to an activating group) is 1. The van der Waals surface area contributed by atoms with Crippen molar-refractivity contribution in [2.45, 2.75) is 168 Å². The van der Waals surface area contributed by atoms with E-state index in [0.29, 0.717) is 43.5 Å². The molecule has 4 heterocycles. The number of aliphatic carboxylic acids is 1. The van der Waals surface area contributed by atoms with Gasteiger partial charge in [0.05, 0.1) is 73.6 Å². The van der Waals surface area contributed by atoms with Crippen LogP contribution in [0.1, 0.15) is 116 Å². The number of ether oxygens (including phenoxy) is 4. The Bertz CT molecular complexity index is 4850. The second-order valence-corrected chi connectivity index (χ2v) is 37.8. The molecule has 4 aliphatic rings. The topological polar surface area (TPSA) is 614 Å². The van der Waals surface area contributed by atoms with E-state index >= 15 is 0 Å². The fraction of sp³-hybridized carbons (Fsp3) is 0.530. The molecular weight excluding hydrogens is 1780 g/mol. The number of rotatable bonds is 42. The van der Waals surface area contributed by atoms with Crippen LogP contribution in [0.25, 0.3) is 0 Å². The van der Waals surface area contributed by atoms with Gasteiger partial charge in [-0.15, -0.1) is 11.8 Å². The van der Waals surface area contributed by atoms with Crippen LogP contribution in [-0.2, 0) is 119 Å². The van der Waals surface area contributed by atoms with Crippen molar-refractivity contribution in [1.29, 1.82) is 5.41 Å². The molecule has 0 saturated carbocycles. The number of nitrogens with one attached hydrogen (secondary N) is 13. The molecule has 0 aromatic heterocycles. The van der Waals surface area contributed by atoms with Crippen LogP contribution < -0.4 is 80.2 Å². The van der Waals surface area contributed by atoms with E-state index < -0.39 is 181 Å². The smallest absolute Gasteiger partial charge is 0.305 e. The molecule has 3 aromatic carbocycles. The molecule has 46 heteroatoms. The SMILES string of the molecule is CCN1C(=CC=CC=CC2=[N+](CCCCCC(=O)NCCCC[C@@H]3NC(=O)CSC[C@@H](C(=O)NCCOCCOCCOCCNC(=O)COCC(N)=O)NC(=O)[C@H](Cc4ccccc4)NC(=O)[C@@H]4CSSC[C@H](NC3=O)C(=O)N[C@@H](CCCNC(=N)N)C(=O)NCC(=O)N[C@@H](CC(=O)O)C(=O)N4)c3ccc(S(=O)(=O)O)cc3C2(C)C)C(C)(C)c2cc(S(=O)(=O)O)ccc21. The minimum Gasteiger partial charge on any atom is -0.481 e. The summed E-state index contributed by atoms with van der Waals surface area (Å²) in [6.45, 7) is 10.0. The van der Waals surface area contributed by atoms with Gasteiger partial charge in [-0.3, -0.25) is 76.8 Å². The van der Waals surface area contributed by atoms with Gasteiger partial charge in [-0.2, -0.15) is 21.4 Å². The molecule has 129 heavy (non-hydrogen) atoms. The number of unbranched alkanes of at least 4 members (excludes halogenated alkanes) is 3. The fourth-order valence-electron chi connectivity index (χ4n) is 14.3. The Morgan fingerprint density at radius 3 is 1.80 bits per heavy atom. The standard InChI is InChI=1S/C83H117N17O24S5/c1-6-99-64-28-26-53(128(115,116)117)42-55(64)82(2,3)66(99)23-12-8-13-24-67-83(4,5)56-43-54(129(118,119)120)27-29-65(56)100(67)34-17-9-14-25-69(102)87-30-16-15-21-58-76(110)97-62-49-126-127-50-63(98-78(112)60(44-73(106)107)93-70(103)45-91-74(108)57(94-79(62)113)22-18-31-90-81(85)86)80(114)95-59(41-52-19-10-7-11-20-52)77(111)96-61(48-125-51-72(105)92-58)75(109)89-33-36-122-38-40-123-39-37-121-35-32-88-71(104)47-124-46-68(84)101/h7-8,10-13,19-20,23-24,26-29,42-43,57-63H,6,9,14-18,21-22,25,30-41,44-51H2,1-5H3,(H19-,84,85,86,87,88,89,90,91,92,93,94,95,96,97,98,101,102,103,104,105,106,107,108,109,110,111,112,113,114,115,116,117,118,119,120)/p+1/t57-,58-,59-,60-,61-,62-,63-/m0/s1. The van der Waals surface area contributed by atoms with Crippen molar-refractivity contribution < 1.29 is 117 Å². The van der Waals surface area contributed by atoms with Crippen LogP contribution in [-0.4, -0.2) is 288 Å². The largest absolute Gasteiger partial charge is 0.481 e. The van der Waals surface area contributed by atoms with E-state index in [4.69, 9.17) is 35.8 Å². The number of hydrogen-bond donors (Lipinski definition) is 18. The monoisotopic (exact) mass is 1900 g/mol. The van der Waals surface area contributed by atoms with Crippen LogP contribution in [0.15, 0.2) is 113 Å². The lowest BCUT2D eigenvalue weighted by molar-refractivity contribution is -0.438. The van der Waals surface area contributed by atoms with Crippen LogP contribution >= 0.6 is 33.3 Å². The van der Waals surface area contributed by atoms with E-state index in [1.165, 1.54) is 24.3 Å². The first-order valence-corrected chi connectivity index (χ1v) is 48.5.